The van der Waals surface area contributed by atoms with Crippen LogP contribution in [-0.4, -0.2) is 73.7 Å². The summed E-state index contributed by atoms with van der Waals surface area (Å²) in [4.78, 5) is 68.5. The van der Waals surface area contributed by atoms with Crippen LogP contribution in [0.15, 0.2) is 103 Å². The molecule has 2 saturated heterocycles. The molecular formula is C39H37N7O5. The molecule has 0 spiro atoms. The maximum absolute atomic E-state index is 13.2. The quantitative estimate of drug-likeness (QED) is 0.204. The second-order valence-electron chi connectivity index (χ2n) is 12.7. The van der Waals surface area contributed by atoms with Crippen molar-refractivity contribution in [3.63, 3.8) is 0 Å². The monoisotopic (exact) mass is 683 g/mol. The number of carbonyl (C=O) groups excluding carboxylic acids is 4. The molecule has 12 heteroatoms. The zero-order chi connectivity index (χ0) is 35.2. The van der Waals surface area contributed by atoms with E-state index >= 15 is 0 Å². The van der Waals surface area contributed by atoms with Crippen molar-refractivity contribution < 1.29 is 23.9 Å². The molecule has 4 amide bonds. The van der Waals surface area contributed by atoms with Crippen molar-refractivity contribution in [2.75, 3.05) is 23.7 Å². The first-order chi connectivity index (χ1) is 24.9. The van der Waals surface area contributed by atoms with E-state index in [0.29, 0.717) is 43.7 Å². The van der Waals surface area contributed by atoms with Gasteiger partial charge in [-0.3, -0.25) is 24.6 Å². The number of nitrogens with zero attached hydrogens (tertiary/aromatic N) is 5. The Morgan fingerprint density at radius 1 is 0.706 bits per heavy atom. The lowest BCUT2D eigenvalue weighted by atomic mass is 10.1. The maximum Gasteiger partial charge on any atom is 0.410 e. The van der Waals surface area contributed by atoms with Crippen LogP contribution in [0.5, 0.6) is 0 Å². The molecule has 0 aliphatic carbocycles. The molecule has 12 nitrogen and oxygen atoms in total. The molecule has 2 aliphatic heterocycles. The van der Waals surface area contributed by atoms with Gasteiger partial charge in [-0.1, -0.05) is 66.7 Å². The van der Waals surface area contributed by atoms with Crippen molar-refractivity contribution in [2.45, 2.75) is 50.8 Å². The summed E-state index contributed by atoms with van der Waals surface area (Å²) in [6, 6.07) is 27.0. The molecule has 2 fully saturated rings. The number of hydrogen-bond donors (Lipinski definition) is 2. The van der Waals surface area contributed by atoms with Crippen molar-refractivity contribution in [3.8, 4) is 11.1 Å². The number of benzene rings is 3. The van der Waals surface area contributed by atoms with Gasteiger partial charge in [0.15, 0.2) is 0 Å². The smallest absolute Gasteiger partial charge is 0.410 e. The van der Waals surface area contributed by atoms with Gasteiger partial charge in [-0.15, -0.1) is 0 Å². The van der Waals surface area contributed by atoms with E-state index < -0.39 is 18.2 Å². The topological polar surface area (TPSA) is 147 Å². The molecule has 0 unspecified atom stereocenters. The number of aromatic nitrogens is 3. The number of anilines is 2. The van der Waals surface area contributed by atoms with Gasteiger partial charge in [0.25, 0.3) is 0 Å². The van der Waals surface area contributed by atoms with Gasteiger partial charge in [0, 0.05) is 36.4 Å². The molecule has 5 aromatic rings. The molecule has 51 heavy (non-hydrogen) atoms. The Labute approximate surface area is 294 Å². The van der Waals surface area contributed by atoms with E-state index in [1.54, 1.807) is 23.4 Å². The van der Waals surface area contributed by atoms with Crippen LogP contribution in [0.2, 0.25) is 0 Å². The van der Waals surface area contributed by atoms with E-state index in [2.05, 4.69) is 25.6 Å². The van der Waals surface area contributed by atoms with E-state index in [0.717, 1.165) is 34.1 Å². The molecule has 7 rings (SSSR count). The minimum absolute atomic E-state index is 0.0607. The van der Waals surface area contributed by atoms with Gasteiger partial charge in [0.05, 0.1) is 11.9 Å². The van der Waals surface area contributed by atoms with Crippen LogP contribution < -0.4 is 10.6 Å². The largest absolute Gasteiger partial charge is 0.445 e. The van der Waals surface area contributed by atoms with Gasteiger partial charge in [0.1, 0.15) is 24.5 Å². The highest BCUT2D eigenvalue weighted by atomic mass is 16.6. The summed E-state index contributed by atoms with van der Waals surface area (Å²) in [7, 11) is 0. The van der Waals surface area contributed by atoms with Crippen LogP contribution >= 0.6 is 0 Å². The average Bonchev–Trinajstić information content (AvgIpc) is 3.86. The predicted octanol–water partition coefficient (Wildman–Crippen LogP) is 5.60. The third kappa shape index (κ3) is 7.85. The molecular weight excluding hydrogens is 646 g/mol. The number of likely N-dealkylation sites (tertiary alicyclic amines) is 2. The minimum Gasteiger partial charge on any atom is -0.445 e. The minimum atomic E-state index is -0.668. The lowest BCUT2D eigenvalue weighted by Crippen LogP contribution is -2.43. The third-order valence-electron chi connectivity index (χ3n) is 9.23. The number of ether oxygens (including phenoxy) is 1. The summed E-state index contributed by atoms with van der Waals surface area (Å²) in [6.07, 6.45) is 5.58. The summed E-state index contributed by atoms with van der Waals surface area (Å²) in [5, 5.41) is 6.49. The van der Waals surface area contributed by atoms with Crippen molar-refractivity contribution >= 4 is 46.5 Å². The van der Waals surface area contributed by atoms with E-state index in [1.807, 2.05) is 84.9 Å². The van der Waals surface area contributed by atoms with Crippen LogP contribution in [0, 0.1) is 0 Å². The second-order valence-corrected chi connectivity index (χ2v) is 12.7. The van der Waals surface area contributed by atoms with Crippen LogP contribution in [-0.2, 0) is 32.1 Å². The van der Waals surface area contributed by atoms with Gasteiger partial charge >= 0.3 is 6.09 Å². The Balaban J connectivity index is 0.947. The van der Waals surface area contributed by atoms with Gasteiger partial charge in [-0.05, 0) is 66.6 Å². The standard InChI is InChI=1S/C39H37N7O5/c47-35(21-26-9-3-1-4-10-26)45-19-7-13-32(45)36(48)43-34-18-16-29-22-28(15-17-31(29)42-34)30-23-40-38(41-24-30)44-37(49)33-14-8-20-46(33)39(50)51-25-27-11-5-2-6-12-27/h1-6,9-12,15-18,22-24,32-33H,7-8,13-14,19-21,25H2,(H,42,43,48)(H,40,41,44,49)/t32-,33-/m0/s1. The molecule has 3 aromatic carbocycles. The number of amides is 4. The zero-order valence-electron chi connectivity index (χ0n) is 27.9. The van der Waals surface area contributed by atoms with Crippen LogP contribution in [0.4, 0.5) is 16.6 Å². The van der Waals surface area contributed by atoms with Crippen molar-refractivity contribution in [3.05, 3.63) is 115 Å². The number of pyridine rings is 1. The molecule has 2 N–H and O–H groups in total. The molecule has 0 saturated carbocycles. The highest BCUT2D eigenvalue weighted by Gasteiger charge is 2.36. The Morgan fingerprint density at radius 2 is 1.35 bits per heavy atom. The zero-order valence-corrected chi connectivity index (χ0v) is 27.9. The number of nitrogens with one attached hydrogen (secondary N) is 2. The number of carbonyl (C=O) groups is 4. The van der Waals surface area contributed by atoms with E-state index in [9.17, 15) is 19.2 Å². The molecule has 2 aromatic heterocycles. The van der Waals surface area contributed by atoms with Gasteiger partial charge in [0.2, 0.25) is 23.7 Å². The lowest BCUT2D eigenvalue weighted by molar-refractivity contribution is -0.136. The van der Waals surface area contributed by atoms with Crippen molar-refractivity contribution in [1.29, 1.82) is 0 Å². The van der Waals surface area contributed by atoms with Gasteiger partial charge in [-0.2, -0.15) is 0 Å². The van der Waals surface area contributed by atoms with E-state index in [1.165, 1.54) is 4.90 Å². The first-order valence-corrected chi connectivity index (χ1v) is 17.1. The third-order valence-corrected chi connectivity index (χ3v) is 9.23. The summed E-state index contributed by atoms with van der Waals surface area (Å²) in [5.74, 6) is -0.120. The molecule has 0 radical (unpaired) electrons. The molecule has 258 valence electrons. The highest BCUT2D eigenvalue weighted by molar-refractivity contribution is 5.98. The fraction of sp³-hybridized carbons (Fsp3) is 0.256. The summed E-state index contributed by atoms with van der Waals surface area (Å²) < 4.78 is 5.45. The lowest BCUT2D eigenvalue weighted by Gasteiger charge is -2.24. The van der Waals surface area contributed by atoms with Gasteiger partial charge in [-0.25, -0.2) is 19.7 Å². The van der Waals surface area contributed by atoms with Crippen LogP contribution in [0.25, 0.3) is 22.0 Å². The fourth-order valence-corrected chi connectivity index (χ4v) is 6.59. The fourth-order valence-electron chi connectivity index (χ4n) is 6.59. The van der Waals surface area contributed by atoms with E-state index in [4.69, 9.17) is 4.74 Å². The van der Waals surface area contributed by atoms with Crippen molar-refractivity contribution in [1.82, 2.24) is 24.8 Å². The predicted molar refractivity (Wildman–Crippen MR) is 191 cm³/mol. The molecule has 0 bridgehead atoms. The van der Waals surface area contributed by atoms with Gasteiger partial charge < -0.3 is 15.0 Å². The Bertz CT molecular complexity index is 2040. The molecule has 2 aliphatic rings. The Morgan fingerprint density at radius 3 is 2.08 bits per heavy atom. The van der Waals surface area contributed by atoms with E-state index in [-0.39, 0.29) is 36.7 Å². The first-order valence-electron chi connectivity index (χ1n) is 17.1. The summed E-state index contributed by atoms with van der Waals surface area (Å²) in [6.45, 7) is 1.13. The number of hydrogen-bond acceptors (Lipinski definition) is 8. The summed E-state index contributed by atoms with van der Waals surface area (Å²) >= 11 is 0. The SMILES string of the molecule is O=C(Nc1ccc2cc(-c3cnc(NC(=O)[C@@H]4CCCN4C(=O)OCc4ccccc4)nc3)ccc2n1)[C@@H]1CCCN1C(=O)Cc1ccccc1. The normalized spacial score (nSPS) is 16.9. The first kappa shape index (κ1) is 33.3. The van der Waals surface area contributed by atoms with Crippen LogP contribution in [0.1, 0.15) is 36.8 Å². The molecule has 2 atom stereocenters. The number of fused-ring (bicyclic) bond motifs is 1. The Kier molecular flexibility index (Phi) is 9.91. The number of rotatable bonds is 9. The average molecular weight is 684 g/mol. The second kappa shape index (κ2) is 15.2. The summed E-state index contributed by atoms with van der Waals surface area (Å²) in [5.41, 5.74) is 4.07. The van der Waals surface area contributed by atoms with Crippen LogP contribution in [0.3, 0.4) is 0 Å². The molecule has 4 heterocycles. The maximum atomic E-state index is 13.2. The van der Waals surface area contributed by atoms with Crippen molar-refractivity contribution in [2.24, 2.45) is 0 Å². The highest BCUT2D eigenvalue weighted by Crippen LogP contribution is 2.26. The Hall–Kier alpha value is -6.17.